The Labute approximate surface area is 71.7 Å². The lowest BCUT2D eigenvalue weighted by Crippen LogP contribution is -1.99. The zero-order valence-corrected chi connectivity index (χ0v) is 7.71. The van der Waals surface area contributed by atoms with Gasteiger partial charge < -0.3 is 0 Å². The largest absolute Gasteiger partial charge is 0.198 e. The van der Waals surface area contributed by atoms with E-state index in [1.165, 1.54) is 0 Å². The molecule has 10 heavy (non-hydrogen) atoms. The summed E-state index contributed by atoms with van der Waals surface area (Å²) in [6.45, 7) is 2.12. The van der Waals surface area contributed by atoms with Crippen LogP contribution in [0, 0.1) is 17.2 Å². The van der Waals surface area contributed by atoms with Crippen LogP contribution in [0.25, 0.3) is 0 Å². The van der Waals surface area contributed by atoms with E-state index in [-0.39, 0.29) is 5.92 Å². The van der Waals surface area contributed by atoms with Crippen LogP contribution in [0.2, 0.25) is 0 Å². The standard InChI is InChI=1S/C7H12ClNS/c1-2-10-4-3-7(5-8)6-9/h7H,2-5H2,1H3. The van der Waals surface area contributed by atoms with Crippen molar-refractivity contribution in [2.45, 2.75) is 13.3 Å². The van der Waals surface area contributed by atoms with Crippen molar-refractivity contribution in [2.75, 3.05) is 17.4 Å². The Hall–Kier alpha value is 0.130. The van der Waals surface area contributed by atoms with Gasteiger partial charge >= 0.3 is 0 Å². The van der Waals surface area contributed by atoms with Crippen LogP contribution in [0.5, 0.6) is 0 Å². The predicted molar refractivity (Wildman–Crippen MR) is 47.4 cm³/mol. The van der Waals surface area contributed by atoms with E-state index in [0.29, 0.717) is 5.88 Å². The van der Waals surface area contributed by atoms with Crippen LogP contribution in [0.4, 0.5) is 0 Å². The second-order valence-corrected chi connectivity index (χ2v) is 3.67. The van der Waals surface area contributed by atoms with Crippen molar-refractivity contribution >= 4 is 23.4 Å². The molecule has 0 bridgehead atoms. The highest BCUT2D eigenvalue weighted by molar-refractivity contribution is 7.99. The lowest BCUT2D eigenvalue weighted by atomic mass is 10.1. The van der Waals surface area contributed by atoms with Gasteiger partial charge in [-0.2, -0.15) is 17.0 Å². The first-order valence-corrected chi connectivity index (χ1v) is 5.07. The molecule has 0 N–H and O–H groups in total. The average Bonchev–Trinajstić information content (AvgIpc) is 1.99. The van der Waals surface area contributed by atoms with E-state index >= 15 is 0 Å². The Balaban J connectivity index is 3.20. The van der Waals surface area contributed by atoms with Crippen LogP contribution in [0.15, 0.2) is 0 Å². The third-order valence-electron chi connectivity index (χ3n) is 1.18. The highest BCUT2D eigenvalue weighted by Gasteiger charge is 2.03. The summed E-state index contributed by atoms with van der Waals surface area (Å²) >= 11 is 7.37. The van der Waals surface area contributed by atoms with E-state index in [9.17, 15) is 0 Å². The molecule has 0 aliphatic rings. The van der Waals surface area contributed by atoms with Gasteiger partial charge in [0.05, 0.1) is 12.0 Å². The molecule has 0 amide bonds. The summed E-state index contributed by atoms with van der Waals surface area (Å²) in [4.78, 5) is 0. The number of nitriles is 1. The van der Waals surface area contributed by atoms with Gasteiger partial charge in [-0.3, -0.25) is 0 Å². The summed E-state index contributed by atoms with van der Waals surface area (Å²) < 4.78 is 0. The number of thioether (sulfide) groups is 1. The molecule has 0 fully saturated rings. The molecule has 1 nitrogen and oxygen atoms in total. The molecule has 0 radical (unpaired) electrons. The van der Waals surface area contributed by atoms with E-state index in [4.69, 9.17) is 16.9 Å². The fourth-order valence-electron chi connectivity index (χ4n) is 0.546. The molecule has 0 aliphatic heterocycles. The van der Waals surface area contributed by atoms with Gasteiger partial charge in [0, 0.05) is 5.88 Å². The van der Waals surface area contributed by atoms with Gasteiger partial charge in [-0.25, -0.2) is 0 Å². The number of rotatable bonds is 5. The van der Waals surface area contributed by atoms with E-state index in [2.05, 4.69) is 13.0 Å². The molecule has 0 heterocycles. The summed E-state index contributed by atoms with van der Waals surface area (Å²) in [5.41, 5.74) is 0. The quantitative estimate of drug-likeness (QED) is 0.476. The van der Waals surface area contributed by atoms with Crippen molar-refractivity contribution in [3.8, 4) is 6.07 Å². The first kappa shape index (κ1) is 10.1. The van der Waals surface area contributed by atoms with Crippen LogP contribution in [0.3, 0.4) is 0 Å². The molecule has 0 aromatic heterocycles. The number of halogens is 1. The van der Waals surface area contributed by atoms with Gasteiger partial charge in [0.15, 0.2) is 0 Å². The maximum absolute atomic E-state index is 8.48. The normalized spacial score (nSPS) is 12.5. The zero-order chi connectivity index (χ0) is 7.82. The lowest BCUT2D eigenvalue weighted by Gasteiger charge is -2.01. The van der Waals surface area contributed by atoms with Gasteiger partial charge in [0.1, 0.15) is 0 Å². The maximum Gasteiger partial charge on any atom is 0.0668 e. The number of alkyl halides is 1. The molecule has 0 saturated heterocycles. The van der Waals surface area contributed by atoms with Crippen molar-refractivity contribution in [3.05, 3.63) is 0 Å². The topological polar surface area (TPSA) is 23.8 Å². The minimum atomic E-state index is 0.0562. The first-order valence-electron chi connectivity index (χ1n) is 3.38. The molecule has 58 valence electrons. The first-order chi connectivity index (χ1) is 4.85. The molecule has 0 aromatic carbocycles. The van der Waals surface area contributed by atoms with Crippen LogP contribution in [-0.2, 0) is 0 Å². The second-order valence-electron chi connectivity index (χ2n) is 1.97. The average molecular weight is 178 g/mol. The van der Waals surface area contributed by atoms with Crippen molar-refractivity contribution in [2.24, 2.45) is 5.92 Å². The van der Waals surface area contributed by atoms with E-state index in [1.807, 2.05) is 11.8 Å². The summed E-state index contributed by atoms with van der Waals surface area (Å²) in [6, 6.07) is 2.17. The van der Waals surface area contributed by atoms with Gasteiger partial charge in [-0.1, -0.05) is 6.92 Å². The Morgan fingerprint density at radius 3 is 2.80 bits per heavy atom. The lowest BCUT2D eigenvalue weighted by molar-refractivity contribution is 0.728. The molecule has 0 rings (SSSR count). The summed E-state index contributed by atoms with van der Waals surface area (Å²) in [5, 5.41) is 8.48. The summed E-state index contributed by atoms with van der Waals surface area (Å²) in [7, 11) is 0. The smallest absolute Gasteiger partial charge is 0.0668 e. The molecule has 0 aliphatic carbocycles. The highest BCUT2D eigenvalue weighted by Crippen LogP contribution is 2.09. The van der Waals surface area contributed by atoms with Crippen molar-refractivity contribution in [1.82, 2.24) is 0 Å². The Morgan fingerprint density at radius 2 is 2.40 bits per heavy atom. The van der Waals surface area contributed by atoms with Crippen LogP contribution in [-0.4, -0.2) is 17.4 Å². The molecule has 1 atom stereocenters. The Bertz CT molecular complexity index is 111. The second kappa shape index (κ2) is 7.24. The zero-order valence-electron chi connectivity index (χ0n) is 6.14. The van der Waals surface area contributed by atoms with Crippen LogP contribution in [0.1, 0.15) is 13.3 Å². The highest BCUT2D eigenvalue weighted by atomic mass is 35.5. The molecule has 3 heteroatoms. The molecule has 0 saturated carbocycles. The van der Waals surface area contributed by atoms with E-state index in [1.54, 1.807) is 0 Å². The Morgan fingerprint density at radius 1 is 1.70 bits per heavy atom. The molecule has 0 spiro atoms. The van der Waals surface area contributed by atoms with Crippen LogP contribution < -0.4 is 0 Å². The predicted octanol–water partition coefficient (Wildman–Crippen LogP) is 2.51. The van der Waals surface area contributed by atoms with Crippen molar-refractivity contribution < 1.29 is 0 Å². The van der Waals surface area contributed by atoms with Crippen molar-refractivity contribution in [1.29, 1.82) is 5.26 Å². The molecular formula is C7H12ClNS. The maximum atomic E-state index is 8.48. The molecular weight excluding hydrogens is 166 g/mol. The SMILES string of the molecule is CCSCCC(C#N)CCl. The third-order valence-corrected chi connectivity index (χ3v) is 2.49. The van der Waals surface area contributed by atoms with Gasteiger partial charge in [0.2, 0.25) is 0 Å². The fraction of sp³-hybridized carbons (Fsp3) is 0.857. The fourth-order valence-corrected chi connectivity index (χ4v) is 1.51. The Kier molecular flexibility index (Phi) is 7.33. The minimum absolute atomic E-state index is 0.0562. The van der Waals surface area contributed by atoms with Gasteiger partial charge in [-0.05, 0) is 17.9 Å². The number of hydrogen-bond donors (Lipinski definition) is 0. The summed E-state index contributed by atoms with van der Waals surface area (Å²) in [6.07, 6.45) is 0.929. The molecule has 0 aromatic rings. The molecule has 1 unspecified atom stereocenters. The summed E-state index contributed by atoms with van der Waals surface area (Å²) in [5.74, 6) is 2.71. The van der Waals surface area contributed by atoms with E-state index in [0.717, 1.165) is 17.9 Å². The number of nitrogens with zero attached hydrogens (tertiary/aromatic N) is 1. The third kappa shape index (κ3) is 4.96. The minimum Gasteiger partial charge on any atom is -0.198 e. The van der Waals surface area contributed by atoms with Gasteiger partial charge in [0.25, 0.3) is 0 Å². The van der Waals surface area contributed by atoms with E-state index < -0.39 is 0 Å². The van der Waals surface area contributed by atoms with Gasteiger partial charge in [-0.15, -0.1) is 11.6 Å². The monoisotopic (exact) mass is 177 g/mol. The van der Waals surface area contributed by atoms with Crippen molar-refractivity contribution in [3.63, 3.8) is 0 Å². The number of hydrogen-bond acceptors (Lipinski definition) is 2. The van der Waals surface area contributed by atoms with Crippen LogP contribution >= 0.6 is 23.4 Å².